The Kier molecular flexibility index (Phi) is 3.97. The first-order chi connectivity index (χ1) is 7.00. The number of anilines is 2. The molecule has 0 bridgehead atoms. The summed E-state index contributed by atoms with van der Waals surface area (Å²) in [6.07, 6.45) is 2.01. The van der Waals surface area contributed by atoms with E-state index < -0.39 is 5.82 Å². The number of rotatable bonds is 3. The summed E-state index contributed by atoms with van der Waals surface area (Å²) in [7, 11) is 0. The molecule has 0 heterocycles. The number of allylic oxidation sites excluding steroid dienone is 1. The molecule has 1 aromatic carbocycles. The van der Waals surface area contributed by atoms with E-state index in [-0.39, 0.29) is 5.02 Å². The molecule has 82 valence electrons. The summed E-state index contributed by atoms with van der Waals surface area (Å²) < 4.78 is 13.0. The minimum atomic E-state index is -0.498. The van der Waals surface area contributed by atoms with Crippen molar-refractivity contribution in [1.82, 2.24) is 0 Å². The van der Waals surface area contributed by atoms with Crippen molar-refractivity contribution in [2.75, 3.05) is 17.6 Å². The van der Waals surface area contributed by atoms with Crippen molar-refractivity contribution >= 4 is 23.0 Å². The predicted octanol–water partition coefficient (Wildman–Crippen LogP) is 3.44. The summed E-state index contributed by atoms with van der Waals surface area (Å²) >= 11 is 5.64. The first-order valence-electron chi connectivity index (χ1n) is 4.62. The van der Waals surface area contributed by atoms with Gasteiger partial charge in [-0.05, 0) is 19.9 Å². The quantitative estimate of drug-likeness (QED) is 0.614. The Morgan fingerprint density at radius 2 is 2.20 bits per heavy atom. The van der Waals surface area contributed by atoms with Gasteiger partial charge in [-0.25, -0.2) is 4.39 Å². The van der Waals surface area contributed by atoms with Crippen molar-refractivity contribution in [2.24, 2.45) is 0 Å². The van der Waals surface area contributed by atoms with E-state index in [2.05, 4.69) is 5.32 Å². The van der Waals surface area contributed by atoms with Crippen molar-refractivity contribution in [1.29, 1.82) is 0 Å². The molecule has 15 heavy (non-hydrogen) atoms. The van der Waals surface area contributed by atoms with E-state index in [4.69, 9.17) is 17.3 Å². The number of halogens is 2. The Hall–Kier alpha value is -1.22. The van der Waals surface area contributed by atoms with Crippen LogP contribution in [-0.2, 0) is 0 Å². The number of hydrogen-bond donors (Lipinski definition) is 2. The lowest BCUT2D eigenvalue weighted by Gasteiger charge is -2.08. The molecule has 4 heteroatoms. The van der Waals surface area contributed by atoms with Gasteiger partial charge in [-0.2, -0.15) is 0 Å². The van der Waals surface area contributed by atoms with Crippen LogP contribution in [0.3, 0.4) is 0 Å². The molecule has 0 atom stereocenters. The molecular weight excluding hydrogens is 215 g/mol. The van der Waals surface area contributed by atoms with E-state index in [0.29, 0.717) is 17.9 Å². The number of hydrogen-bond acceptors (Lipinski definition) is 2. The van der Waals surface area contributed by atoms with Gasteiger partial charge >= 0.3 is 0 Å². The average Bonchev–Trinajstić information content (AvgIpc) is 2.13. The Labute approximate surface area is 93.9 Å². The summed E-state index contributed by atoms with van der Waals surface area (Å²) in [5.41, 5.74) is 7.84. The van der Waals surface area contributed by atoms with Gasteiger partial charge in [0, 0.05) is 12.6 Å². The monoisotopic (exact) mass is 228 g/mol. The molecule has 3 N–H and O–H groups in total. The highest BCUT2D eigenvalue weighted by Crippen LogP contribution is 2.25. The smallest absolute Gasteiger partial charge is 0.143 e. The molecule has 1 aromatic rings. The van der Waals surface area contributed by atoms with Crippen LogP contribution in [0.5, 0.6) is 0 Å². The normalized spacial score (nSPS) is 9.87. The predicted molar refractivity (Wildman–Crippen MR) is 63.7 cm³/mol. The van der Waals surface area contributed by atoms with Gasteiger partial charge in [-0.15, -0.1) is 0 Å². The molecule has 0 aliphatic heterocycles. The first kappa shape index (κ1) is 11.9. The van der Waals surface area contributed by atoms with E-state index in [0.717, 1.165) is 0 Å². The molecule has 0 fully saturated rings. The third-order valence-electron chi connectivity index (χ3n) is 1.90. The standard InChI is InChI=1S/C11H14ClFN2/c1-7(2)3-4-15-11-5-8(12)9(13)6-10(11)14/h3,5-6,15H,4,14H2,1-2H3. The van der Waals surface area contributed by atoms with Crippen molar-refractivity contribution in [2.45, 2.75) is 13.8 Å². The van der Waals surface area contributed by atoms with Crippen LogP contribution >= 0.6 is 11.6 Å². The lowest BCUT2D eigenvalue weighted by atomic mass is 10.2. The van der Waals surface area contributed by atoms with Crippen LogP contribution in [0.4, 0.5) is 15.8 Å². The Morgan fingerprint density at radius 3 is 2.80 bits per heavy atom. The Balaban J connectivity index is 2.77. The van der Waals surface area contributed by atoms with Gasteiger partial charge in [0.25, 0.3) is 0 Å². The van der Waals surface area contributed by atoms with E-state index in [1.165, 1.54) is 17.7 Å². The van der Waals surface area contributed by atoms with E-state index in [9.17, 15) is 4.39 Å². The molecule has 0 amide bonds. The van der Waals surface area contributed by atoms with Crippen molar-refractivity contribution < 1.29 is 4.39 Å². The van der Waals surface area contributed by atoms with Crippen molar-refractivity contribution in [3.8, 4) is 0 Å². The van der Waals surface area contributed by atoms with Gasteiger partial charge in [-0.1, -0.05) is 23.3 Å². The van der Waals surface area contributed by atoms with Gasteiger partial charge in [0.05, 0.1) is 16.4 Å². The fourth-order valence-corrected chi connectivity index (χ4v) is 1.24. The minimum Gasteiger partial charge on any atom is -0.397 e. The summed E-state index contributed by atoms with van der Waals surface area (Å²) in [5, 5.41) is 3.13. The van der Waals surface area contributed by atoms with Crippen LogP contribution in [0.15, 0.2) is 23.8 Å². The highest BCUT2D eigenvalue weighted by molar-refractivity contribution is 6.31. The van der Waals surface area contributed by atoms with Crippen LogP contribution < -0.4 is 11.1 Å². The maximum Gasteiger partial charge on any atom is 0.143 e. The SMILES string of the molecule is CC(C)=CCNc1cc(Cl)c(F)cc1N. The second-order valence-electron chi connectivity index (χ2n) is 3.52. The van der Waals surface area contributed by atoms with Crippen molar-refractivity contribution in [3.05, 3.63) is 34.6 Å². The van der Waals surface area contributed by atoms with Crippen LogP contribution in [-0.4, -0.2) is 6.54 Å². The van der Waals surface area contributed by atoms with E-state index >= 15 is 0 Å². The topological polar surface area (TPSA) is 38.0 Å². The molecule has 0 aliphatic rings. The second-order valence-corrected chi connectivity index (χ2v) is 3.92. The lowest BCUT2D eigenvalue weighted by Crippen LogP contribution is -2.03. The van der Waals surface area contributed by atoms with Gasteiger partial charge < -0.3 is 11.1 Å². The first-order valence-corrected chi connectivity index (χ1v) is 5.00. The summed E-state index contributed by atoms with van der Waals surface area (Å²) in [4.78, 5) is 0. The molecule has 0 unspecified atom stereocenters. The summed E-state index contributed by atoms with van der Waals surface area (Å²) in [6, 6.07) is 2.71. The third kappa shape index (κ3) is 3.44. The molecule has 0 saturated heterocycles. The maximum atomic E-state index is 13.0. The van der Waals surface area contributed by atoms with Crippen LogP contribution in [0.1, 0.15) is 13.8 Å². The fourth-order valence-electron chi connectivity index (χ4n) is 1.08. The molecule has 0 aliphatic carbocycles. The Bertz CT molecular complexity index is 384. The lowest BCUT2D eigenvalue weighted by molar-refractivity contribution is 0.629. The molecule has 0 aromatic heterocycles. The van der Waals surface area contributed by atoms with Crippen LogP contribution in [0, 0.1) is 5.82 Å². The molecular formula is C11H14ClFN2. The maximum absolute atomic E-state index is 13.0. The zero-order valence-corrected chi connectivity index (χ0v) is 9.53. The van der Waals surface area contributed by atoms with E-state index in [1.54, 1.807) is 0 Å². The largest absolute Gasteiger partial charge is 0.397 e. The van der Waals surface area contributed by atoms with E-state index in [1.807, 2.05) is 19.9 Å². The van der Waals surface area contributed by atoms with Crippen LogP contribution in [0.25, 0.3) is 0 Å². The zero-order chi connectivity index (χ0) is 11.4. The van der Waals surface area contributed by atoms with Gasteiger partial charge in [0.1, 0.15) is 5.82 Å². The number of nitrogens with one attached hydrogen (secondary N) is 1. The van der Waals surface area contributed by atoms with Crippen LogP contribution in [0.2, 0.25) is 5.02 Å². The molecule has 1 rings (SSSR count). The number of benzene rings is 1. The highest BCUT2D eigenvalue weighted by atomic mass is 35.5. The molecule has 0 spiro atoms. The zero-order valence-electron chi connectivity index (χ0n) is 8.77. The second kappa shape index (κ2) is 5.03. The summed E-state index contributed by atoms with van der Waals surface area (Å²) in [5.74, 6) is -0.498. The summed E-state index contributed by atoms with van der Waals surface area (Å²) in [6.45, 7) is 4.65. The third-order valence-corrected chi connectivity index (χ3v) is 2.18. The van der Waals surface area contributed by atoms with Gasteiger partial charge in [0.2, 0.25) is 0 Å². The Morgan fingerprint density at radius 1 is 1.53 bits per heavy atom. The average molecular weight is 229 g/mol. The highest BCUT2D eigenvalue weighted by Gasteiger charge is 2.04. The molecule has 2 nitrogen and oxygen atoms in total. The number of nitrogen functional groups attached to an aromatic ring is 1. The number of nitrogens with two attached hydrogens (primary N) is 1. The van der Waals surface area contributed by atoms with Crippen molar-refractivity contribution in [3.63, 3.8) is 0 Å². The van der Waals surface area contributed by atoms with Gasteiger partial charge in [-0.3, -0.25) is 0 Å². The van der Waals surface area contributed by atoms with Gasteiger partial charge in [0.15, 0.2) is 0 Å². The minimum absolute atomic E-state index is 0.0731. The molecule has 0 saturated carbocycles. The fraction of sp³-hybridized carbons (Fsp3) is 0.273. The molecule has 0 radical (unpaired) electrons.